The van der Waals surface area contributed by atoms with Crippen molar-refractivity contribution >= 4 is 23.6 Å². The first-order valence-corrected chi connectivity index (χ1v) is 13.6. The molecule has 3 heterocycles. The van der Waals surface area contributed by atoms with Gasteiger partial charge in [-0.15, -0.1) is 0 Å². The van der Waals surface area contributed by atoms with E-state index < -0.39 is 11.7 Å². The van der Waals surface area contributed by atoms with Crippen LogP contribution in [0.1, 0.15) is 16.7 Å². The number of nitrogens with zero attached hydrogens (tertiary/aromatic N) is 6. The SMILES string of the molecule is Cc1cccc(C)c1-c1cc(Oc2ccc(N3CCN(C)CC3)c(C(F)(F)F)c2)nc(NSc2cnn(C)c2)n1. The van der Waals surface area contributed by atoms with Crippen LogP contribution in [0.5, 0.6) is 11.6 Å². The molecule has 1 saturated heterocycles. The van der Waals surface area contributed by atoms with Crippen LogP contribution in [-0.4, -0.2) is 57.9 Å². The van der Waals surface area contributed by atoms with E-state index in [0.717, 1.165) is 27.7 Å². The van der Waals surface area contributed by atoms with Crippen molar-refractivity contribution < 1.29 is 17.9 Å². The van der Waals surface area contributed by atoms with Crippen LogP contribution in [-0.2, 0) is 13.2 Å². The number of alkyl halides is 3. The summed E-state index contributed by atoms with van der Waals surface area (Å²) >= 11 is 1.27. The number of rotatable bonds is 7. The fraction of sp³-hybridized carbons (Fsp3) is 0.321. The molecule has 0 spiro atoms. The first-order chi connectivity index (χ1) is 19.1. The highest BCUT2D eigenvalue weighted by Gasteiger charge is 2.36. The fourth-order valence-electron chi connectivity index (χ4n) is 4.68. The third kappa shape index (κ3) is 6.34. The Morgan fingerprint density at radius 1 is 0.950 bits per heavy atom. The Labute approximate surface area is 235 Å². The molecule has 1 fully saturated rings. The average Bonchev–Trinajstić information content (AvgIpc) is 3.32. The molecule has 1 aliphatic rings. The molecule has 0 unspecified atom stereocenters. The standard InChI is InChI=1S/C28H30F3N7OS/c1-18-6-5-7-19(2)26(18)23-15-25(34-27(33-23)35-40-21-16-32-37(4)17-21)39-20-8-9-24(22(14-20)28(29,30)31)38-12-10-36(3)11-13-38/h5-9,14-17H,10-13H2,1-4H3,(H,33,34,35). The van der Waals surface area contributed by atoms with E-state index in [0.29, 0.717) is 31.9 Å². The van der Waals surface area contributed by atoms with E-state index in [1.54, 1.807) is 27.9 Å². The lowest BCUT2D eigenvalue weighted by atomic mass is 10.00. The van der Waals surface area contributed by atoms with E-state index in [2.05, 4.69) is 24.7 Å². The molecule has 12 heteroatoms. The topological polar surface area (TPSA) is 71.3 Å². The van der Waals surface area contributed by atoms with Crippen LogP contribution in [0.3, 0.4) is 0 Å². The van der Waals surface area contributed by atoms with Gasteiger partial charge in [0.2, 0.25) is 11.8 Å². The van der Waals surface area contributed by atoms with Gasteiger partial charge < -0.3 is 14.5 Å². The van der Waals surface area contributed by atoms with Crippen molar-refractivity contribution in [2.45, 2.75) is 24.9 Å². The molecule has 210 valence electrons. The number of anilines is 2. The highest BCUT2D eigenvalue weighted by Crippen LogP contribution is 2.40. The highest BCUT2D eigenvalue weighted by atomic mass is 32.2. The average molecular weight is 570 g/mol. The summed E-state index contributed by atoms with van der Waals surface area (Å²) in [5.41, 5.74) is 2.94. The lowest BCUT2D eigenvalue weighted by Gasteiger charge is -2.35. The van der Waals surface area contributed by atoms with Crippen molar-refractivity contribution in [3.8, 4) is 22.9 Å². The Morgan fingerprint density at radius 2 is 1.68 bits per heavy atom. The molecule has 0 radical (unpaired) electrons. The maximum absolute atomic E-state index is 14.2. The quantitative estimate of drug-likeness (QED) is 0.265. The normalized spacial score (nSPS) is 14.4. The summed E-state index contributed by atoms with van der Waals surface area (Å²) in [4.78, 5) is 13.9. The number of ether oxygens (including phenoxy) is 1. The van der Waals surface area contributed by atoms with Crippen molar-refractivity contribution in [2.75, 3.05) is 42.8 Å². The van der Waals surface area contributed by atoms with Gasteiger partial charge in [0, 0.05) is 56.7 Å². The van der Waals surface area contributed by atoms with Crippen LogP contribution in [0.4, 0.5) is 24.8 Å². The van der Waals surface area contributed by atoms with Crippen molar-refractivity contribution in [1.29, 1.82) is 0 Å². The second-order valence-corrected chi connectivity index (χ2v) is 10.7. The molecule has 40 heavy (non-hydrogen) atoms. The molecule has 0 saturated carbocycles. The predicted octanol–water partition coefficient (Wildman–Crippen LogP) is 6.18. The number of hydrogen-bond donors (Lipinski definition) is 1. The van der Waals surface area contributed by atoms with E-state index >= 15 is 0 Å². The van der Waals surface area contributed by atoms with E-state index in [4.69, 9.17) is 4.74 Å². The molecule has 0 atom stereocenters. The Balaban J connectivity index is 1.49. The molecular weight excluding hydrogens is 539 g/mol. The number of aryl methyl sites for hydroxylation is 3. The van der Waals surface area contributed by atoms with Gasteiger partial charge in [-0.2, -0.15) is 23.3 Å². The third-order valence-corrected chi connectivity index (χ3v) is 7.45. The van der Waals surface area contributed by atoms with Crippen LogP contribution < -0.4 is 14.4 Å². The Kier molecular flexibility index (Phi) is 7.90. The second-order valence-electron chi connectivity index (χ2n) is 9.80. The summed E-state index contributed by atoms with van der Waals surface area (Å²) in [6.07, 6.45) is -1.00. The van der Waals surface area contributed by atoms with Crippen LogP contribution in [0.15, 0.2) is 59.8 Å². The zero-order valence-electron chi connectivity index (χ0n) is 22.7. The van der Waals surface area contributed by atoms with Gasteiger partial charge >= 0.3 is 6.18 Å². The molecule has 0 amide bonds. The second kappa shape index (κ2) is 11.4. The van der Waals surface area contributed by atoms with Crippen molar-refractivity contribution in [3.05, 3.63) is 71.5 Å². The first-order valence-electron chi connectivity index (χ1n) is 12.8. The fourth-order valence-corrected chi connectivity index (χ4v) is 5.28. The smallest absolute Gasteiger partial charge is 0.418 e. The molecule has 0 bridgehead atoms. The Morgan fingerprint density at radius 3 is 2.33 bits per heavy atom. The van der Waals surface area contributed by atoms with E-state index in [-0.39, 0.29) is 23.3 Å². The summed E-state index contributed by atoms with van der Waals surface area (Å²) in [6.45, 7) is 6.40. The number of nitrogens with one attached hydrogen (secondary N) is 1. The van der Waals surface area contributed by atoms with Crippen molar-refractivity contribution in [2.24, 2.45) is 7.05 Å². The van der Waals surface area contributed by atoms with Crippen LogP contribution in [0.2, 0.25) is 0 Å². The zero-order chi connectivity index (χ0) is 28.4. The van der Waals surface area contributed by atoms with Crippen molar-refractivity contribution in [3.63, 3.8) is 0 Å². The minimum atomic E-state index is -4.54. The van der Waals surface area contributed by atoms with Gasteiger partial charge in [-0.05, 0) is 62.2 Å². The number of benzene rings is 2. The van der Waals surface area contributed by atoms with Gasteiger partial charge in [-0.1, -0.05) is 18.2 Å². The number of likely N-dealkylation sites (N-methyl/N-ethyl adjacent to an activating group) is 1. The van der Waals surface area contributed by atoms with Gasteiger partial charge in [0.1, 0.15) is 5.75 Å². The zero-order valence-corrected chi connectivity index (χ0v) is 23.5. The van der Waals surface area contributed by atoms with Crippen LogP contribution >= 0.6 is 11.9 Å². The van der Waals surface area contributed by atoms with Crippen molar-refractivity contribution in [1.82, 2.24) is 24.6 Å². The summed E-state index contributed by atoms with van der Waals surface area (Å²) in [5, 5.41) is 4.16. The number of halogens is 3. The Bertz CT molecular complexity index is 1480. The van der Waals surface area contributed by atoms with E-state index in [1.165, 1.54) is 18.0 Å². The summed E-state index contributed by atoms with van der Waals surface area (Å²) in [6, 6.07) is 11.7. The lowest BCUT2D eigenvalue weighted by Crippen LogP contribution is -2.45. The van der Waals surface area contributed by atoms with Gasteiger partial charge in [-0.3, -0.25) is 9.40 Å². The maximum atomic E-state index is 14.2. The van der Waals surface area contributed by atoms with Crippen LogP contribution in [0, 0.1) is 13.8 Å². The Hall–Kier alpha value is -3.77. The van der Waals surface area contributed by atoms with E-state index in [9.17, 15) is 13.2 Å². The summed E-state index contributed by atoms with van der Waals surface area (Å²) < 4.78 is 53.2. The minimum absolute atomic E-state index is 0.0437. The number of hydrogen-bond acceptors (Lipinski definition) is 8. The summed E-state index contributed by atoms with van der Waals surface area (Å²) in [5.74, 6) is 0.429. The monoisotopic (exact) mass is 569 g/mol. The maximum Gasteiger partial charge on any atom is 0.418 e. The van der Waals surface area contributed by atoms with Gasteiger partial charge in [0.25, 0.3) is 0 Å². The predicted molar refractivity (Wildman–Crippen MR) is 151 cm³/mol. The first kappa shape index (κ1) is 27.8. The lowest BCUT2D eigenvalue weighted by molar-refractivity contribution is -0.137. The molecule has 4 aromatic rings. The molecule has 5 rings (SSSR count). The molecule has 8 nitrogen and oxygen atoms in total. The molecule has 2 aromatic carbocycles. The van der Waals surface area contributed by atoms with Gasteiger partial charge in [-0.25, -0.2) is 4.98 Å². The van der Waals surface area contributed by atoms with E-state index in [1.807, 2.05) is 52.3 Å². The molecule has 1 aliphatic heterocycles. The molecule has 1 N–H and O–H groups in total. The largest absolute Gasteiger partial charge is 0.439 e. The number of piperazine rings is 1. The summed E-state index contributed by atoms with van der Waals surface area (Å²) in [7, 11) is 3.78. The van der Waals surface area contributed by atoms with Crippen LogP contribution in [0.25, 0.3) is 11.3 Å². The van der Waals surface area contributed by atoms with Gasteiger partial charge in [0.15, 0.2) is 0 Å². The molecular formula is C28H30F3N7OS. The third-order valence-electron chi connectivity index (χ3n) is 6.72. The van der Waals surface area contributed by atoms with Gasteiger partial charge in [0.05, 0.1) is 22.3 Å². The minimum Gasteiger partial charge on any atom is -0.439 e. The highest BCUT2D eigenvalue weighted by molar-refractivity contribution is 8.00. The molecule has 2 aromatic heterocycles. The molecule has 0 aliphatic carbocycles. The number of aromatic nitrogens is 4.